The average Bonchev–Trinajstić information content (AvgIpc) is 3.45. The Hall–Kier alpha value is -3.99. The number of ether oxygens (including phenoxy) is 2. The van der Waals surface area contributed by atoms with Crippen molar-refractivity contribution in [3.8, 4) is 5.75 Å². The van der Waals surface area contributed by atoms with Crippen LogP contribution in [0.25, 0.3) is 5.57 Å². The van der Waals surface area contributed by atoms with Gasteiger partial charge in [0.1, 0.15) is 16.3 Å². The van der Waals surface area contributed by atoms with E-state index in [1.54, 1.807) is 36.9 Å². The lowest BCUT2D eigenvalue weighted by Gasteiger charge is -2.26. The third-order valence-corrected chi connectivity index (χ3v) is 9.18. The third-order valence-electron chi connectivity index (χ3n) is 7.38. The van der Waals surface area contributed by atoms with E-state index in [4.69, 9.17) is 21.1 Å². The molecular weight excluding hydrogens is 654 g/mol. The SMILES string of the molecule is CCOC(=O)C1=C(C)N=c2s/c(=C3\C(=O)N(Cc4ccc(Cl)cc4)c4ccccc43)c(=O)n2[C@H]1c1cc(Br)ccc1OC. The van der Waals surface area contributed by atoms with Gasteiger partial charge in [-0.25, -0.2) is 9.79 Å². The number of methoxy groups -OCH3 is 1. The molecule has 43 heavy (non-hydrogen) atoms. The molecule has 0 unspecified atom stereocenters. The second kappa shape index (κ2) is 11.6. The highest BCUT2D eigenvalue weighted by molar-refractivity contribution is 9.10. The molecule has 3 aromatic carbocycles. The molecule has 0 radical (unpaired) electrons. The van der Waals surface area contributed by atoms with Crippen molar-refractivity contribution < 1.29 is 19.1 Å². The Balaban J connectivity index is 1.60. The van der Waals surface area contributed by atoms with Gasteiger partial charge in [0.25, 0.3) is 11.5 Å². The fourth-order valence-electron chi connectivity index (χ4n) is 5.48. The Kier molecular flexibility index (Phi) is 7.85. The normalized spacial score (nSPS) is 17.0. The number of anilines is 1. The first kappa shape index (κ1) is 29.1. The molecule has 2 aliphatic rings. The number of aromatic nitrogens is 1. The predicted molar refractivity (Wildman–Crippen MR) is 169 cm³/mol. The number of nitrogens with zero attached hydrogens (tertiary/aromatic N) is 3. The van der Waals surface area contributed by atoms with Gasteiger partial charge < -0.3 is 14.4 Å². The molecular formula is C32H25BrClN3O5S. The molecule has 1 atom stereocenters. The molecule has 11 heteroatoms. The van der Waals surface area contributed by atoms with Gasteiger partial charge in [0.05, 0.1) is 42.8 Å². The lowest BCUT2D eigenvalue weighted by Crippen LogP contribution is -2.41. The first-order valence-electron chi connectivity index (χ1n) is 13.4. The number of allylic oxidation sites excluding steroid dienone is 1. The minimum absolute atomic E-state index is 0.154. The Bertz CT molecular complexity index is 2020. The van der Waals surface area contributed by atoms with Crippen LogP contribution in [-0.2, 0) is 20.9 Å². The predicted octanol–water partition coefficient (Wildman–Crippen LogP) is 5.14. The van der Waals surface area contributed by atoms with Crippen molar-refractivity contribution in [1.82, 2.24) is 4.57 Å². The third kappa shape index (κ3) is 5.03. The summed E-state index contributed by atoms with van der Waals surface area (Å²) in [4.78, 5) is 48.6. The van der Waals surface area contributed by atoms with Gasteiger partial charge in [0.2, 0.25) is 0 Å². The van der Waals surface area contributed by atoms with Gasteiger partial charge in [0.15, 0.2) is 4.80 Å². The van der Waals surface area contributed by atoms with E-state index in [2.05, 4.69) is 20.9 Å². The van der Waals surface area contributed by atoms with E-state index in [1.165, 1.54) is 11.7 Å². The highest BCUT2D eigenvalue weighted by atomic mass is 79.9. The quantitative estimate of drug-likeness (QED) is 0.264. The number of benzene rings is 3. The molecule has 0 aliphatic carbocycles. The maximum atomic E-state index is 14.4. The number of para-hydroxylation sites is 1. The first-order valence-corrected chi connectivity index (χ1v) is 15.4. The van der Waals surface area contributed by atoms with Gasteiger partial charge in [-0.05, 0) is 55.8 Å². The smallest absolute Gasteiger partial charge is 0.338 e. The minimum atomic E-state index is -0.894. The van der Waals surface area contributed by atoms with Crippen molar-refractivity contribution in [2.45, 2.75) is 26.4 Å². The van der Waals surface area contributed by atoms with E-state index in [-0.39, 0.29) is 22.6 Å². The highest BCUT2D eigenvalue weighted by Gasteiger charge is 2.38. The van der Waals surface area contributed by atoms with Crippen LogP contribution >= 0.6 is 38.9 Å². The van der Waals surface area contributed by atoms with Gasteiger partial charge >= 0.3 is 5.97 Å². The number of thiazole rings is 1. The van der Waals surface area contributed by atoms with Crippen molar-refractivity contribution in [2.75, 3.05) is 18.6 Å². The van der Waals surface area contributed by atoms with Crippen LogP contribution in [0.5, 0.6) is 5.75 Å². The molecule has 0 saturated carbocycles. The molecule has 0 fully saturated rings. The van der Waals surface area contributed by atoms with Crippen LogP contribution in [0.2, 0.25) is 5.02 Å². The van der Waals surface area contributed by atoms with Gasteiger partial charge in [-0.15, -0.1) is 0 Å². The number of amides is 1. The number of halogens is 2. The molecule has 2 aliphatic heterocycles. The second-order valence-electron chi connectivity index (χ2n) is 9.92. The molecule has 0 bridgehead atoms. The van der Waals surface area contributed by atoms with Gasteiger partial charge in [-0.1, -0.05) is 69.2 Å². The van der Waals surface area contributed by atoms with E-state index >= 15 is 0 Å². The summed E-state index contributed by atoms with van der Waals surface area (Å²) in [6, 6.07) is 19.2. The van der Waals surface area contributed by atoms with E-state index in [0.29, 0.717) is 50.2 Å². The lowest BCUT2D eigenvalue weighted by molar-refractivity contribution is -0.139. The lowest BCUT2D eigenvalue weighted by atomic mass is 9.95. The summed E-state index contributed by atoms with van der Waals surface area (Å²) in [5, 5.41) is 0.604. The van der Waals surface area contributed by atoms with Crippen LogP contribution in [0.15, 0.2) is 92.3 Å². The minimum Gasteiger partial charge on any atom is -0.496 e. The summed E-state index contributed by atoms with van der Waals surface area (Å²) >= 11 is 10.7. The summed E-state index contributed by atoms with van der Waals surface area (Å²) in [5.41, 5.74) is 3.35. The van der Waals surface area contributed by atoms with E-state index in [9.17, 15) is 14.4 Å². The van der Waals surface area contributed by atoms with Crippen molar-refractivity contribution in [3.63, 3.8) is 0 Å². The van der Waals surface area contributed by atoms with Crippen LogP contribution in [0.3, 0.4) is 0 Å². The van der Waals surface area contributed by atoms with Crippen molar-refractivity contribution in [2.24, 2.45) is 4.99 Å². The Morgan fingerprint density at radius 3 is 2.56 bits per heavy atom. The molecule has 8 nitrogen and oxygen atoms in total. The van der Waals surface area contributed by atoms with Crippen LogP contribution in [0, 0.1) is 0 Å². The fourth-order valence-corrected chi connectivity index (χ4v) is 7.13. The maximum Gasteiger partial charge on any atom is 0.338 e. The number of hydrogen-bond donors (Lipinski definition) is 0. The van der Waals surface area contributed by atoms with Crippen molar-refractivity contribution >= 4 is 62.0 Å². The van der Waals surface area contributed by atoms with E-state index in [0.717, 1.165) is 21.4 Å². The summed E-state index contributed by atoms with van der Waals surface area (Å²) in [6.07, 6.45) is 0. The van der Waals surface area contributed by atoms with Crippen LogP contribution in [-0.4, -0.2) is 30.2 Å². The fraction of sp³-hybridized carbons (Fsp3) is 0.188. The number of hydrogen-bond acceptors (Lipinski definition) is 7. The Labute approximate surface area is 264 Å². The highest BCUT2D eigenvalue weighted by Crippen LogP contribution is 2.39. The summed E-state index contributed by atoms with van der Waals surface area (Å²) < 4.78 is 13.5. The topological polar surface area (TPSA) is 90.2 Å². The summed E-state index contributed by atoms with van der Waals surface area (Å²) in [5.74, 6) is -0.385. The Morgan fingerprint density at radius 2 is 1.84 bits per heavy atom. The number of carbonyl (C=O) groups is 2. The van der Waals surface area contributed by atoms with E-state index < -0.39 is 17.6 Å². The molecule has 1 aromatic heterocycles. The zero-order valence-electron chi connectivity index (χ0n) is 23.4. The van der Waals surface area contributed by atoms with Crippen molar-refractivity contribution in [3.05, 3.63) is 124 Å². The summed E-state index contributed by atoms with van der Waals surface area (Å²) in [7, 11) is 1.53. The molecule has 0 spiro atoms. The van der Waals surface area contributed by atoms with Crippen molar-refractivity contribution in [1.29, 1.82) is 0 Å². The summed E-state index contributed by atoms with van der Waals surface area (Å²) in [6.45, 7) is 3.90. The van der Waals surface area contributed by atoms with Gasteiger partial charge in [-0.2, -0.15) is 0 Å². The Morgan fingerprint density at radius 1 is 1.09 bits per heavy atom. The van der Waals surface area contributed by atoms with Gasteiger partial charge in [0, 0.05) is 20.6 Å². The monoisotopic (exact) mass is 677 g/mol. The molecule has 3 heterocycles. The second-order valence-corrected chi connectivity index (χ2v) is 12.2. The largest absolute Gasteiger partial charge is 0.496 e. The number of carbonyl (C=O) groups excluding carboxylic acids is 2. The van der Waals surface area contributed by atoms with Crippen LogP contribution in [0.4, 0.5) is 5.69 Å². The standard InChI is InChI=1S/C32H25BrClN3O5S/c1-4-42-31(40)25-17(2)35-32-37(27(25)22-15-19(33)11-14-24(22)41-3)30(39)28(43-32)26-21-7-5-6-8-23(21)36(29(26)38)16-18-9-12-20(34)13-10-18/h5-15,27H,4,16H2,1-3H3/b28-26-/t27-/m0/s1. The zero-order chi connectivity index (χ0) is 30.4. The molecule has 0 saturated heterocycles. The molecule has 218 valence electrons. The number of rotatable bonds is 6. The average molecular weight is 679 g/mol. The van der Waals surface area contributed by atoms with Crippen LogP contribution in [0.1, 0.15) is 36.6 Å². The van der Waals surface area contributed by atoms with E-state index in [1.807, 2.05) is 48.5 Å². The molecule has 4 aromatic rings. The molecule has 1 amide bonds. The molecule has 6 rings (SSSR count). The number of fused-ring (bicyclic) bond motifs is 2. The zero-order valence-corrected chi connectivity index (χ0v) is 26.5. The first-order chi connectivity index (χ1) is 20.7. The maximum absolute atomic E-state index is 14.4. The number of esters is 1. The molecule has 0 N–H and O–H groups in total. The van der Waals surface area contributed by atoms with Gasteiger partial charge in [-0.3, -0.25) is 14.2 Å². The van der Waals surface area contributed by atoms with Crippen LogP contribution < -0.4 is 24.5 Å².